The normalized spacial score (nSPS) is 11.9. The molecule has 0 aliphatic carbocycles. The number of fused-ring (bicyclic) bond motifs is 1. The highest BCUT2D eigenvalue weighted by atomic mass is 28.3. The minimum atomic E-state index is -1.13. The predicted molar refractivity (Wildman–Crippen MR) is 94.5 cm³/mol. The van der Waals surface area contributed by atoms with Gasteiger partial charge in [-0.1, -0.05) is 26.2 Å². The molecule has 0 bridgehead atoms. The van der Waals surface area contributed by atoms with Gasteiger partial charge in [-0.15, -0.1) is 0 Å². The smallest absolute Gasteiger partial charge is 0.140 e. The molecule has 126 valence electrons. The van der Waals surface area contributed by atoms with E-state index in [2.05, 4.69) is 31.3 Å². The van der Waals surface area contributed by atoms with Gasteiger partial charge in [-0.25, -0.2) is 9.07 Å². The number of rotatable bonds is 8. The Hall–Kier alpha value is -1.66. The highest BCUT2D eigenvalue weighted by Gasteiger charge is 2.17. The Morgan fingerprint density at radius 2 is 2.09 bits per heavy atom. The molecule has 6 heteroatoms. The van der Waals surface area contributed by atoms with Gasteiger partial charge in [0.25, 0.3) is 0 Å². The number of benzene rings is 1. The number of hydrogen-bond donors (Lipinski definition) is 0. The Kier molecular flexibility index (Phi) is 5.59. The highest BCUT2D eigenvalue weighted by Crippen LogP contribution is 2.28. The predicted octanol–water partition coefficient (Wildman–Crippen LogP) is 4.49. The van der Waals surface area contributed by atoms with Crippen LogP contribution in [0, 0.1) is 5.82 Å². The first-order valence-corrected chi connectivity index (χ1v) is 11.6. The Labute approximate surface area is 137 Å². The molecule has 2 rings (SSSR count). The van der Waals surface area contributed by atoms with E-state index >= 15 is 0 Å². The molecule has 0 radical (unpaired) electrons. The van der Waals surface area contributed by atoms with E-state index in [1.807, 2.05) is 6.92 Å². The average Bonchev–Trinajstić information content (AvgIpc) is 2.86. The van der Waals surface area contributed by atoms with Crippen molar-refractivity contribution in [3.63, 3.8) is 0 Å². The first-order valence-electron chi connectivity index (χ1n) is 7.87. The summed E-state index contributed by atoms with van der Waals surface area (Å²) in [6, 6.07) is 4.21. The van der Waals surface area contributed by atoms with E-state index in [-0.39, 0.29) is 5.82 Å². The van der Waals surface area contributed by atoms with E-state index in [0.29, 0.717) is 36.8 Å². The summed E-state index contributed by atoms with van der Waals surface area (Å²) in [5.41, 5.74) is 1.02. The lowest BCUT2D eigenvalue weighted by molar-refractivity contribution is 0.0816. The van der Waals surface area contributed by atoms with Gasteiger partial charge in [0.2, 0.25) is 0 Å². The summed E-state index contributed by atoms with van der Waals surface area (Å²) in [6.07, 6.45) is 1.71. The van der Waals surface area contributed by atoms with Gasteiger partial charge >= 0.3 is 0 Å². The monoisotopic (exact) mass is 336 g/mol. The van der Waals surface area contributed by atoms with E-state index in [9.17, 15) is 4.39 Å². The van der Waals surface area contributed by atoms with Crippen LogP contribution in [0.2, 0.25) is 25.7 Å². The molecule has 0 spiro atoms. The van der Waals surface area contributed by atoms with Crippen molar-refractivity contribution in [2.75, 3.05) is 13.2 Å². The Morgan fingerprint density at radius 3 is 2.74 bits per heavy atom. The molecule has 0 fully saturated rings. The van der Waals surface area contributed by atoms with E-state index in [4.69, 9.17) is 9.47 Å². The van der Waals surface area contributed by atoms with Gasteiger partial charge in [-0.3, -0.25) is 0 Å². The van der Waals surface area contributed by atoms with Crippen LogP contribution in [0.3, 0.4) is 0 Å². The second-order valence-corrected chi connectivity index (χ2v) is 12.3. The van der Waals surface area contributed by atoms with Crippen LogP contribution in [0.25, 0.3) is 16.7 Å². The van der Waals surface area contributed by atoms with Crippen LogP contribution in [-0.4, -0.2) is 31.1 Å². The fraction of sp³-hybridized carbons (Fsp3) is 0.471. The average molecular weight is 336 g/mol. The van der Waals surface area contributed by atoms with Crippen LogP contribution in [0.5, 0.6) is 0 Å². The fourth-order valence-electron chi connectivity index (χ4n) is 2.29. The number of ether oxygens (including phenoxy) is 2. The second-order valence-electron chi connectivity index (χ2n) is 6.71. The zero-order valence-corrected chi connectivity index (χ0v) is 15.4. The van der Waals surface area contributed by atoms with Crippen LogP contribution in [-0.2, 0) is 16.2 Å². The van der Waals surface area contributed by atoms with Crippen molar-refractivity contribution < 1.29 is 13.9 Å². The molecule has 1 heterocycles. The Bertz CT molecular complexity index is 692. The Balaban J connectivity index is 2.24. The minimum absolute atomic E-state index is 0.295. The zero-order chi connectivity index (χ0) is 17.0. The highest BCUT2D eigenvalue weighted by molar-refractivity contribution is 6.76. The quantitative estimate of drug-likeness (QED) is 0.405. The third kappa shape index (κ3) is 4.42. The molecule has 4 nitrogen and oxygen atoms in total. The summed E-state index contributed by atoms with van der Waals surface area (Å²) in [6.45, 7) is 14.0. The van der Waals surface area contributed by atoms with E-state index in [1.165, 1.54) is 6.07 Å². The largest absolute Gasteiger partial charge is 0.494 e. The van der Waals surface area contributed by atoms with Gasteiger partial charge in [0.1, 0.15) is 18.3 Å². The summed E-state index contributed by atoms with van der Waals surface area (Å²) in [7, 11) is -1.13. The van der Waals surface area contributed by atoms with Crippen molar-refractivity contribution >= 4 is 24.7 Å². The summed E-state index contributed by atoms with van der Waals surface area (Å²) in [5, 5.41) is 5.16. The molecule has 0 unspecified atom stereocenters. The summed E-state index contributed by atoms with van der Waals surface area (Å²) >= 11 is 0. The van der Waals surface area contributed by atoms with Crippen LogP contribution in [0.15, 0.2) is 24.9 Å². The lowest BCUT2D eigenvalue weighted by atomic mass is 10.1. The van der Waals surface area contributed by atoms with Gasteiger partial charge in [0, 0.05) is 20.1 Å². The van der Waals surface area contributed by atoms with Crippen LogP contribution in [0.1, 0.15) is 12.5 Å². The first kappa shape index (κ1) is 17.7. The van der Waals surface area contributed by atoms with Gasteiger partial charge in [0.15, 0.2) is 0 Å². The molecule has 0 atom stereocenters. The molecule has 0 N–H and O–H groups in total. The minimum Gasteiger partial charge on any atom is -0.494 e. The SMILES string of the molecule is C=C(OCC)c1c(F)ccc2cnn(COCC[Si](C)(C)C)c12. The topological polar surface area (TPSA) is 36.3 Å². The maximum absolute atomic E-state index is 14.3. The molecule has 1 aromatic heterocycles. The van der Waals surface area contributed by atoms with E-state index < -0.39 is 8.07 Å². The third-order valence-electron chi connectivity index (χ3n) is 3.56. The van der Waals surface area contributed by atoms with Crippen molar-refractivity contribution in [3.05, 3.63) is 36.3 Å². The van der Waals surface area contributed by atoms with E-state index in [1.54, 1.807) is 16.9 Å². The van der Waals surface area contributed by atoms with Crippen LogP contribution in [0.4, 0.5) is 4.39 Å². The molecule has 0 saturated carbocycles. The van der Waals surface area contributed by atoms with Crippen molar-refractivity contribution in [3.8, 4) is 0 Å². The molecule has 0 saturated heterocycles. The van der Waals surface area contributed by atoms with Crippen molar-refractivity contribution in [2.45, 2.75) is 39.3 Å². The van der Waals surface area contributed by atoms with Gasteiger partial charge < -0.3 is 9.47 Å². The summed E-state index contributed by atoms with van der Waals surface area (Å²) in [4.78, 5) is 0. The molecule has 1 aromatic carbocycles. The van der Waals surface area contributed by atoms with Crippen molar-refractivity contribution in [1.29, 1.82) is 0 Å². The van der Waals surface area contributed by atoms with Crippen LogP contribution < -0.4 is 0 Å². The van der Waals surface area contributed by atoms with Crippen molar-refractivity contribution in [2.24, 2.45) is 0 Å². The van der Waals surface area contributed by atoms with Gasteiger partial charge in [0.05, 0.1) is 23.9 Å². The summed E-state index contributed by atoms with van der Waals surface area (Å²) < 4.78 is 27.1. The maximum atomic E-state index is 14.3. The summed E-state index contributed by atoms with van der Waals surface area (Å²) in [5.74, 6) is -0.0424. The van der Waals surface area contributed by atoms with E-state index in [0.717, 1.165) is 11.4 Å². The lowest BCUT2D eigenvalue weighted by Gasteiger charge is -2.16. The molecular formula is C17H25FN2O2Si. The molecule has 2 aromatic rings. The molecule has 0 aliphatic rings. The van der Waals surface area contributed by atoms with Crippen molar-refractivity contribution in [1.82, 2.24) is 9.78 Å². The molecule has 0 amide bonds. The second kappa shape index (κ2) is 7.27. The Morgan fingerprint density at radius 1 is 1.35 bits per heavy atom. The third-order valence-corrected chi connectivity index (χ3v) is 5.26. The molecule has 0 aliphatic heterocycles. The maximum Gasteiger partial charge on any atom is 0.140 e. The zero-order valence-electron chi connectivity index (χ0n) is 14.4. The first-order chi connectivity index (χ1) is 10.8. The fourth-order valence-corrected chi connectivity index (χ4v) is 3.05. The lowest BCUT2D eigenvalue weighted by Crippen LogP contribution is -2.22. The number of nitrogens with zero attached hydrogens (tertiary/aromatic N) is 2. The standard InChI is InChI=1S/C17H25FN2O2Si/c1-6-22-13(2)16-15(18)8-7-14-11-19-20(17(14)16)12-21-9-10-23(3,4)5/h7-8,11H,2,6,9-10,12H2,1,3-5H3. The molecule has 23 heavy (non-hydrogen) atoms. The van der Waals surface area contributed by atoms with Gasteiger partial charge in [-0.2, -0.15) is 5.10 Å². The van der Waals surface area contributed by atoms with Gasteiger partial charge in [-0.05, 0) is 25.1 Å². The number of aromatic nitrogens is 2. The van der Waals surface area contributed by atoms with Crippen LogP contribution >= 0.6 is 0 Å². The number of halogens is 1. The number of hydrogen-bond acceptors (Lipinski definition) is 3. The molecular weight excluding hydrogens is 311 g/mol.